The second kappa shape index (κ2) is 14.6. The van der Waals surface area contributed by atoms with E-state index >= 15 is 0 Å². The first-order valence-electron chi connectivity index (χ1n) is 10.0. The van der Waals surface area contributed by atoms with Crippen molar-refractivity contribution in [2.75, 3.05) is 13.1 Å². The molecule has 0 aromatic heterocycles. The van der Waals surface area contributed by atoms with Gasteiger partial charge in [0, 0.05) is 18.4 Å². The molecule has 0 amide bonds. The third kappa shape index (κ3) is 12.1. The first-order chi connectivity index (χ1) is 11.3. The van der Waals surface area contributed by atoms with Crippen molar-refractivity contribution in [1.82, 2.24) is 4.90 Å². The average molecular weight is 322 g/mol. The summed E-state index contributed by atoms with van der Waals surface area (Å²) in [5.74, 6) is 0. The second-order valence-electron chi connectivity index (χ2n) is 7.04. The highest BCUT2D eigenvalue weighted by Gasteiger charge is 2.04. The van der Waals surface area contributed by atoms with Crippen molar-refractivity contribution in [3.63, 3.8) is 0 Å². The van der Waals surface area contributed by atoms with Crippen molar-refractivity contribution in [2.45, 2.75) is 96.8 Å². The fourth-order valence-electron chi connectivity index (χ4n) is 3.19. The summed E-state index contributed by atoms with van der Waals surface area (Å²) in [5, 5.41) is 0. The Morgan fingerprint density at radius 3 is 1.78 bits per heavy atom. The van der Waals surface area contributed by atoms with E-state index in [-0.39, 0.29) is 0 Å². The van der Waals surface area contributed by atoms with Crippen LogP contribution in [0.15, 0.2) is 16.9 Å². The predicted molar refractivity (Wildman–Crippen MR) is 103 cm³/mol. The number of hydrogen-bond acceptors (Lipinski definition) is 3. The van der Waals surface area contributed by atoms with E-state index in [1.165, 1.54) is 89.9 Å². The molecule has 0 radical (unpaired) electrons. The molecular weight excluding hydrogens is 282 g/mol. The minimum atomic E-state index is 0.849. The Labute approximate surface area is 144 Å². The second-order valence-corrected chi connectivity index (χ2v) is 7.04. The minimum absolute atomic E-state index is 0.849. The Kier molecular flexibility index (Phi) is 12.7. The van der Waals surface area contributed by atoms with Crippen molar-refractivity contribution in [3.8, 4) is 0 Å². The standard InChI is InChI=1S/C20H39N3/c1-2-3-4-5-6-7-8-9-10-11-12-13-14-15-16-23-18-20(21)17-22-19-23/h17,19H,2-16,18,21H2,1H3. The monoisotopic (exact) mass is 321 g/mol. The summed E-state index contributed by atoms with van der Waals surface area (Å²) in [7, 11) is 0. The summed E-state index contributed by atoms with van der Waals surface area (Å²) in [6.07, 6.45) is 23.4. The number of hydrogen-bond donors (Lipinski definition) is 1. The molecule has 0 unspecified atom stereocenters. The van der Waals surface area contributed by atoms with Gasteiger partial charge in [0.25, 0.3) is 0 Å². The lowest BCUT2D eigenvalue weighted by molar-refractivity contribution is 0.429. The Balaban J connectivity index is 1.73. The van der Waals surface area contributed by atoms with Crippen LogP contribution in [0, 0.1) is 0 Å². The summed E-state index contributed by atoms with van der Waals surface area (Å²) in [6.45, 7) is 4.23. The highest BCUT2D eigenvalue weighted by atomic mass is 15.2. The van der Waals surface area contributed by atoms with Gasteiger partial charge in [0.05, 0.1) is 12.9 Å². The first-order valence-corrected chi connectivity index (χ1v) is 10.0. The van der Waals surface area contributed by atoms with E-state index in [1.54, 1.807) is 6.20 Å². The van der Waals surface area contributed by atoms with Crippen LogP contribution in [-0.4, -0.2) is 24.3 Å². The molecule has 1 heterocycles. The molecule has 1 aliphatic rings. The summed E-state index contributed by atoms with van der Waals surface area (Å²) in [5.41, 5.74) is 6.65. The smallest absolute Gasteiger partial charge is 0.0909 e. The molecule has 3 heteroatoms. The molecule has 0 saturated carbocycles. The largest absolute Gasteiger partial charge is 0.399 e. The molecule has 2 N–H and O–H groups in total. The topological polar surface area (TPSA) is 41.6 Å². The van der Waals surface area contributed by atoms with Crippen LogP contribution in [0.1, 0.15) is 96.8 Å². The lowest BCUT2D eigenvalue weighted by atomic mass is 10.0. The highest BCUT2D eigenvalue weighted by molar-refractivity contribution is 5.58. The normalized spacial score (nSPS) is 14.3. The molecule has 0 aliphatic carbocycles. The van der Waals surface area contributed by atoms with Crippen LogP contribution < -0.4 is 5.73 Å². The van der Waals surface area contributed by atoms with Crippen LogP contribution in [-0.2, 0) is 0 Å². The van der Waals surface area contributed by atoms with Crippen molar-refractivity contribution in [1.29, 1.82) is 0 Å². The molecular formula is C20H39N3. The van der Waals surface area contributed by atoms with Crippen LogP contribution in [0.2, 0.25) is 0 Å². The molecule has 134 valence electrons. The number of unbranched alkanes of at least 4 members (excludes halogenated alkanes) is 13. The van der Waals surface area contributed by atoms with Crippen molar-refractivity contribution in [2.24, 2.45) is 10.7 Å². The van der Waals surface area contributed by atoms with Crippen LogP contribution in [0.5, 0.6) is 0 Å². The first kappa shape index (κ1) is 20.1. The maximum absolute atomic E-state index is 5.78. The third-order valence-electron chi connectivity index (χ3n) is 4.65. The molecule has 0 bridgehead atoms. The molecule has 0 fully saturated rings. The predicted octanol–water partition coefficient (Wildman–Crippen LogP) is 5.61. The van der Waals surface area contributed by atoms with E-state index in [2.05, 4.69) is 16.8 Å². The zero-order valence-corrected chi connectivity index (χ0v) is 15.4. The molecule has 23 heavy (non-hydrogen) atoms. The van der Waals surface area contributed by atoms with Crippen LogP contribution in [0.3, 0.4) is 0 Å². The van der Waals surface area contributed by atoms with Crippen LogP contribution in [0.4, 0.5) is 0 Å². The van der Waals surface area contributed by atoms with Gasteiger partial charge in [0.1, 0.15) is 0 Å². The summed E-state index contributed by atoms with van der Waals surface area (Å²) < 4.78 is 0. The Morgan fingerprint density at radius 2 is 1.30 bits per heavy atom. The van der Waals surface area contributed by atoms with Gasteiger partial charge in [-0.2, -0.15) is 0 Å². The molecule has 0 aromatic carbocycles. The number of rotatable bonds is 15. The van der Waals surface area contributed by atoms with Gasteiger partial charge in [-0.3, -0.25) is 0 Å². The minimum Gasteiger partial charge on any atom is -0.399 e. The molecule has 1 rings (SSSR count). The zero-order valence-electron chi connectivity index (χ0n) is 15.4. The Hall–Kier alpha value is -0.990. The lowest BCUT2D eigenvalue weighted by Gasteiger charge is -2.21. The highest BCUT2D eigenvalue weighted by Crippen LogP contribution is 2.13. The molecule has 0 spiro atoms. The number of nitrogens with two attached hydrogens (primary N) is 1. The van der Waals surface area contributed by atoms with Crippen molar-refractivity contribution in [3.05, 3.63) is 11.9 Å². The van der Waals surface area contributed by atoms with Gasteiger partial charge in [-0.1, -0.05) is 90.4 Å². The molecule has 0 saturated heterocycles. The molecule has 1 aliphatic heterocycles. The molecule has 3 nitrogen and oxygen atoms in total. The van der Waals surface area contributed by atoms with Gasteiger partial charge >= 0.3 is 0 Å². The Morgan fingerprint density at radius 1 is 0.826 bits per heavy atom. The van der Waals surface area contributed by atoms with Gasteiger partial charge in [-0.25, -0.2) is 4.99 Å². The maximum Gasteiger partial charge on any atom is 0.0909 e. The number of nitrogens with zero attached hydrogens (tertiary/aromatic N) is 2. The lowest BCUT2D eigenvalue weighted by Crippen LogP contribution is -2.30. The van der Waals surface area contributed by atoms with E-state index in [1.807, 2.05) is 6.34 Å². The SMILES string of the molecule is CCCCCCCCCCCCCCCCN1C=NC=C(N)C1. The van der Waals surface area contributed by atoms with E-state index in [0.717, 1.165) is 18.8 Å². The van der Waals surface area contributed by atoms with Gasteiger partial charge in [0.2, 0.25) is 0 Å². The van der Waals surface area contributed by atoms with Crippen molar-refractivity contribution < 1.29 is 0 Å². The van der Waals surface area contributed by atoms with Gasteiger partial charge in [0.15, 0.2) is 0 Å². The van der Waals surface area contributed by atoms with Gasteiger partial charge < -0.3 is 10.6 Å². The summed E-state index contributed by atoms with van der Waals surface area (Å²) >= 11 is 0. The van der Waals surface area contributed by atoms with Gasteiger partial charge in [-0.15, -0.1) is 0 Å². The van der Waals surface area contributed by atoms with E-state index in [0.29, 0.717) is 0 Å². The summed E-state index contributed by atoms with van der Waals surface area (Å²) in [6, 6.07) is 0. The van der Waals surface area contributed by atoms with Crippen LogP contribution in [0.25, 0.3) is 0 Å². The van der Waals surface area contributed by atoms with Gasteiger partial charge in [-0.05, 0) is 6.42 Å². The molecule has 0 aromatic rings. The maximum atomic E-state index is 5.78. The zero-order chi connectivity index (χ0) is 16.6. The Bertz CT molecular complexity index is 323. The fourth-order valence-corrected chi connectivity index (χ4v) is 3.19. The molecule has 0 atom stereocenters. The third-order valence-corrected chi connectivity index (χ3v) is 4.65. The summed E-state index contributed by atoms with van der Waals surface area (Å²) in [4.78, 5) is 6.36. The van der Waals surface area contributed by atoms with Crippen LogP contribution >= 0.6 is 0 Å². The van der Waals surface area contributed by atoms with E-state index in [9.17, 15) is 0 Å². The fraction of sp³-hybridized carbons (Fsp3) is 0.850. The van der Waals surface area contributed by atoms with E-state index < -0.39 is 0 Å². The van der Waals surface area contributed by atoms with E-state index in [4.69, 9.17) is 5.73 Å². The quantitative estimate of drug-likeness (QED) is 0.398. The number of aliphatic imine (C=N–C) groups is 1. The average Bonchev–Trinajstić information content (AvgIpc) is 2.55. The van der Waals surface area contributed by atoms with Crippen molar-refractivity contribution >= 4 is 6.34 Å².